The molecule has 0 bridgehead atoms. The highest BCUT2D eigenvalue weighted by Gasteiger charge is 2.26. The van der Waals surface area contributed by atoms with Crippen LogP contribution in [-0.2, 0) is 17.8 Å². The molecule has 1 amide bonds. The molecule has 1 fully saturated rings. The van der Waals surface area contributed by atoms with Crippen LogP contribution in [0.4, 0.5) is 0 Å². The summed E-state index contributed by atoms with van der Waals surface area (Å²) in [5, 5.41) is 2.92. The average molecular weight is 345 g/mol. The van der Waals surface area contributed by atoms with Crippen molar-refractivity contribution in [3.63, 3.8) is 0 Å². The molecule has 128 valence electrons. The number of carbonyl (C=O) groups excluding carboxylic acids is 1. The summed E-state index contributed by atoms with van der Waals surface area (Å²) in [4.78, 5) is 23.3. The lowest BCUT2D eigenvalue weighted by Crippen LogP contribution is -2.43. The third-order valence-corrected chi connectivity index (χ3v) is 5.00. The molecule has 2 aromatic heterocycles. The van der Waals surface area contributed by atoms with Gasteiger partial charge >= 0.3 is 0 Å². The molecule has 0 N–H and O–H groups in total. The molecule has 6 heteroatoms. The number of likely N-dealkylation sites (tertiary alicyclic amines) is 1. The highest BCUT2D eigenvalue weighted by atomic mass is 32.1. The highest BCUT2D eigenvalue weighted by molar-refractivity contribution is 7.09. The number of nitrogens with zero attached hydrogens (tertiary/aromatic N) is 3. The van der Waals surface area contributed by atoms with Gasteiger partial charge in [-0.25, -0.2) is 4.98 Å². The van der Waals surface area contributed by atoms with Gasteiger partial charge in [0.05, 0.1) is 23.4 Å². The van der Waals surface area contributed by atoms with Crippen molar-refractivity contribution in [3.8, 4) is 0 Å². The minimum absolute atomic E-state index is 0.0275. The molecule has 1 atom stereocenters. The summed E-state index contributed by atoms with van der Waals surface area (Å²) in [6.45, 7) is 4.02. The normalized spacial score (nSPS) is 17.9. The summed E-state index contributed by atoms with van der Waals surface area (Å²) in [5.74, 6) is 0.0275. The average Bonchev–Trinajstić information content (AvgIpc) is 3.09. The van der Waals surface area contributed by atoms with Gasteiger partial charge in [0.1, 0.15) is 5.69 Å². The van der Waals surface area contributed by atoms with Crippen LogP contribution in [-0.4, -0.2) is 40.0 Å². The van der Waals surface area contributed by atoms with Crippen molar-refractivity contribution in [2.24, 2.45) is 0 Å². The fourth-order valence-electron chi connectivity index (χ4n) is 2.85. The molecular formula is C18H23N3O2S. The van der Waals surface area contributed by atoms with Gasteiger partial charge in [0.2, 0.25) is 0 Å². The minimum Gasteiger partial charge on any atom is -0.370 e. The summed E-state index contributed by atoms with van der Waals surface area (Å²) in [5.41, 5.74) is 1.50. The van der Waals surface area contributed by atoms with Crippen molar-refractivity contribution >= 4 is 17.2 Å². The number of hydrogen-bond acceptors (Lipinski definition) is 5. The van der Waals surface area contributed by atoms with E-state index in [9.17, 15) is 4.79 Å². The summed E-state index contributed by atoms with van der Waals surface area (Å²) >= 11 is 1.58. The smallest absolute Gasteiger partial charge is 0.273 e. The van der Waals surface area contributed by atoms with E-state index in [1.165, 1.54) is 0 Å². The predicted octanol–water partition coefficient (Wildman–Crippen LogP) is 3.31. The second-order valence-corrected chi connectivity index (χ2v) is 6.97. The third kappa shape index (κ3) is 4.39. The number of thiazole rings is 1. The molecule has 0 aliphatic carbocycles. The predicted molar refractivity (Wildman–Crippen MR) is 94.1 cm³/mol. The molecule has 24 heavy (non-hydrogen) atoms. The maximum atomic E-state index is 12.6. The second-order valence-electron chi connectivity index (χ2n) is 6.02. The van der Waals surface area contributed by atoms with Crippen LogP contribution in [0, 0.1) is 0 Å². The molecule has 1 saturated heterocycles. The van der Waals surface area contributed by atoms with Gasteiger partial charge in [0.15, 0.2) is 0 Å². The topological polar surface area (TPSA) is 55.3 Å². The van der Waals surface area contributed by atoms with Crippen molar-refractivity contribution < 1.29 is 9.53 Å². The van der Waals surface area contributed by atoms with Gasteiger partial charge in [0, 0.05) is 24.7 Å². The van der Waals surface area contributed by atoms with Crippen LogP contribution in [0.15, 0.2) is 29.8 Å². The molecule has 0 saturated carbocycles. The minimum atomic E-state index is 0.0275. The number of pyridine rings is 1. The monoisotopic (exact) mass is 345 g/mol. The van der Waals surface area contributed by atoms with Crippen molar-refractivity contribution in [2.75, 3.05) is 13.1 Å². The van der Waals surface area contributed by atoms with Crippen LogP contribution < -0.4 is 0 Å². The Kier molecular flexibility index (Phi) is 5.93. The molecule has 2 aromatic rings. The number of ether oxygens (including phenoxy) is 1. The van der Waals surface area contributed by atoms with E-state index in [-0.39, 0.29) is 12.0 Å². The highest BCUT2D eigenvalue weighted by Crippen LogP contribution is 2.19. The third-order valence-electron chi connectivity index (χ3n) is 4.09. The van der Waals surface area contributed by atoms with E-state index in [0.29, 0.717) is 18.8 Å². The quantitative estimate of drug-likeness (QED) is 0.806. The van der Waals surface area contributed by atoms with Crippen molar-refractivity contribution in [1.82, 2.24) is 14.9 Å². The Morgan fingerprint density at radius 2 is 2.38 bits per heavy atom. The van der Waals surface area contributed by atoms with E-state index in [2.05, 4.69) is 16.9 Å². The zero-order chi connectivity index (χ0) is 16.8. The van der Waals surface area contributed by atoms with E-state index >= 15 is 0 Å². The van der Waals surface area contributed by atoms with Crippen LogP contribution in [0.5, 0.6) is 0 Å². The van der Waals surface area contributed by atoms with E-state index in [1.807, 2.05) is 28.5 Å². The zero-order valence-corrected chi connectivity index (χ0v) is 14.8. The zero-order valence-electron chi connectivity index (χ0n) is 14.0. The van der Waals surface area contributed by atoms with Crippen molar-refractivity contribution in [2.45, 2.75) is 45.3 Å². The molecule has 1 aliphatic heterocycles. The Morgan fingerprint density at radius 1 is 1.46 bits per heavy atom. The fourth-order valence-corrected chi connectivity index (χ4v) is 3.72. The first-order valence-electron chi connectivity index (χ1n) is 8.51. The molecule has 0 radical (unpaired) electrons. The molecule has 1 aliphatic rings. The summed E-state index contributed by atoms with van der Waals surface area (Å²) in [6, 6.07) is 5.81. The first-order chi connectivity index (χ1) is 11.8. The van der Waals surface area contributed by atoms with Crippen LogP contribution in [0.2, 0.25) is 0 Å². The van der Waals surface area contributed by atoms with E-state index in [4.69, 9.17) is 4.74 Å². The van der Waals surface area contributed by atoms with E-state index in [1.54, 1.807) is 17.5 Å². The number of aromatic nitrogens is 2. The Bertz CT molecular complexity index is 659. The first-order valence-corrected chi connectivity index (χ1v) is 9.39. The van der Waals surface area contributed by atoms with E-state index < -0.39 is 0 Å². The maximum Gasteiger partial charge on any atom is 0.273 e. The van der Waals surface area contributed by atoms with Crippen LogP contribution >= 0.6 is 11.3 Å². The van der Waals surface area contributed by atoms with Crippen molar-refractivity contribution in [3.05, 3.63) is 46.2 Å². The SMILES string of the molecule is CCCc1nc(C(=O)N2CCC[C@@H](OCc3ccccn3)C2)cs1. The molecule has 3 rings (SSSR count). The summed E-state index contributed by atoms with van der Waals surface area (Å²) in [6.07, 6.45) is 5.77. The fraction of sp³-hybridized carbons (Fsp3) is 0.500. The number of aryl methyl sites for hydroxylation is 1. The molecule has 5 nitrogen and oxygen atoms in total. The largest absolute Gasteiger partial charge is 0.370 e. The van der Waals surface area contributed by atoms with Gasteiger partial charge in [-0.15, -0.1) is 11.3 Å². The molecule has 0 aromatic carbocycles. The molecule has 3 heterocycles. The van der Waals surface area contributed by atoms with Gasteiger partial charge in [0.25, 0.3) is 5.91 Å². The number of amides is 1. The van der Waals surface area contributed by atoms with Crippen molar-refractivity contribution in [1.29, 1.82) is 0 Å². The second kappa shape index (κ2) is 8.35. The van der Waals surface area contributed by atoms with Crippen LogP contribution in [0.3, 0.4) is 0 Å². The Morgan fingerprint density at radius 3 is 3.17 bits per heavy atom. The lowest BCUT2D eigenvalue weighted by molar-refractivity contribution is -0.00799. The van der Waals surface area contributed by atoms with Gasteiger partial charge < -0.3 is 9.64 Å². The standard InChI is InChI=1S/C18H23N3O2S/c1-2-6-17-20-16(13-24-17)18(22)21-10-5-8-15(11-21)23-12-14-7-3-4-9-19-14/h3-4,7,9,13,15H,2,5-6,8,10-12H2,1H3/t15-/m1/s1. The molecular weight excluding hydrogens is 322 g/mol. The van der Waals surface area contributed by atoms with Crippen LogP contribution in [0.1, 0.15) is 47.4 Å². The number of rotatable bonds is 6. The van der Waals surface area contributed by atoms with Gasteiger partial charge in [-0.05, 0) is 37.8 Å². The maximum absolute atomic E-state index is 12.6. The summed E-state index contributed by atoms with van der Waals surface area (Å²) in [7, 11) is 0. The van der Waals surface area contributed by atoms with Gasteiger partial charge in [-0.2, -0.15) is 0 Å². The first kappa shape index (κ1) is 17.0. The Hall–Kier alpha value is -1.79. The Balaban J connectivity index is 1.55. The summed E-state index contributed by atoms with van der Waals surface area (Å²) < 4.78 is 5.95. The van der Waals surface area contributed by atoms with Gasteiger partial charge in [-0.1, -0.05) is 13.0 Å². The molecule has 0 spiro atoms. The number of carbonyl (C=O) groups is 1. The Labute approximate surface area is 146 Å². The van der Waals surface area contributed by atoms with Crippen LogP contribution in [0.25, 0.3) is 0 Å². The lowest BCUT2D eigenvalue weighted by atomic mass is 10.1. The van der Waals surface area contributed by atoms with E-state index in [0.717, 1.165) is 42.9 Å². The number of piperidine rings is 1. The van der Waals surface area contributed by atoms with Gasteiger partial charge in [-0.3, -0.25) is 9.78 Å². The number of hydrogen-bond donors (Lipinski definition) is 0. The molecule has 0 unspecified atom stereocenters. The lowest BCUT2D eigenvalue weighted by Gasteiger charge is -2.32.